The lowest BCUT2D eigenvalue weighted by molar-refractivity contribution is 0.102. The van der Waals surface area contributed by atoms with Crippen LogP contribution in [-0.2, 0) is 0 Å². The average molecular weight is 397 g/mol. The third kappa shape index (κ3) is 4.70. The molecule has 3 aromatic rings. The molecule has 0 aliphatic heterocycles. The van der Waals surface area contributed by atoms with Crippen LogP contribution in [-0.4, -0.2) is 18.1 Å². The van der Waals surface area contributed by atoms with Gasteiger partial charge in [-0.1, -0.05) is 35.9 Å². The molecule has 27 heavy (non-hydrogen) atoms. The highest BCUT2D eigenvalue weighted by molar-refractivity contribution is 7.98. The van der Waals surface area contributed by atoms with E-state index in [1.54, 1.807) is 54.6 Å². The van der Waals surface area contributed by atoms with Crippen LogP contribution in [0.4, 0.5) is 11.4 Å². The molecule has 0 atom stereocenters. The summed E-state index contributed by atoms with van der Waals surface area (Å²) >= 11 is 7.37. The summed E-state index contributed by atoms with van der Waals surface area (Å²) in [6, 6.07) is 21.1. The quantitative estimate of drug-likeness (QED) is 0.554. The molecule has 0 aromatic heterocycles. The van der Waals surface area contributed by atoms with Gasteiger partial charge in [0.25, 0.3) is 11.8 Å². The Morgan fingerprint density at radius 1 is 0.778 bits per heavy atom. The van der Waals surface area contributed by atoms with Gasteiger partial charge >= 0.3 is 0 Å². The van der Waals surface area contributed by atoms with E-state index >= 15 is 0 Å². The lowest BCUT2D eigenvalue weighted by atomic mass is 10.1. The van der Waals surface area contributed by atoms with Crippen LogP contribution in [0.2, 0.25) is 5.02 Å². The van der Waals surface area contributed by atoms with Crippen LogP contribution in [0.25, 0.3) is 0 Å². The highest BCUT2D eigenvalue weighted by atomic mass is 35.5. The largest absolute Gasteiger partial charge is 0.322 e. The highest BCUT2D eigenvalue weighted by Crippen LogP contribution is 2.23. The second-order valence-corrected chi connectivity index (χ2v) is 6.95. The van der Waals surface area contributed by atoms with E-state index in [1.165, 1.54) is 11.8 Å². The maximum atomic E-state index is 12.7. The van der Waals surface area contributed by atoms with Crippen molar-refractivity contribution in [3.05, 3.63) is 88.9 Å². The molecule has 136 valence electrons. The third-order valence-electron chi connectivity index (χ3n) is 3.87. The van der Waals surface area contributed by atoms with Crippen LogP contribution in [0.15, 0.2) is 77.7 Å². The lowest BCUT2D eigenvalue weighted by Crippen LogP contribution is -2.18. The number of hydrogen-bond acceptors (Lipinski definition) is 3. The predicted octanol–water partition coefficient (Wildman–Crippen LogP) is 5.57. The standard InChI is InChI=1S/C21H17ClN2O2S/c1-27-19-9-5-3-7-17(19)21(26)24-18-8-4-2-6-16(18)20(25)23-15-12-10-14(22)11-13-15/h2-13H,1H3,(H,23,25)(H,24,26). The Morgan fingerprint density at radius 2 is 1.37 bits per heavy atom. The maximum absolute atomic E-state index is 12.7. The van der Waals surface area contributed by atoms with Gasteiger partial charge in [-0.25, -0.2) is 0 Å². The van der Waals surface area contributed by atoms with Crippen molar-refractivity contribution < 1.29 is 9.59 Å². The summed E-state index contributed by atoms with van der Waals surface area (Å²) in [5.74, 6) is -0.571. The first-order valence-electron chi connectivity index (χ1n) is 8.19. The Bertz CT molecular complexity index is 974. The summed E-state index contributed by atoms with van der Waals surface area (Å²) in [4.78, 5) is 26.2. The van der Waals surface area contributed by atoms with Crippen LogP contribution < -0.4 is 10.6 Å². The Morgan fingerprint density at radius 3 is 2.07 bits per heavy atom. The first kappa shape index (κ1) is 19.0. The molecule has 0 saturated heterocycles. The zero-order valence-corrected chi connectivity index (χ0v) is 16.1. The summed E-state index contributed by atoms with van der Waals surface area (Å²) in [5, 5.41) is 6.24. The number of nitrogens with one attached hydrogen (secondary N) is 2. The van der Waals surface area contributed by atoms with Crippen LogP contribution in [0.1, 0.15) is 20.7 Å². The van der Waals surface area contributed by atoms with E-state index in [4.69, 9.17) is 11.6 Å². The van der Waals surface area contributed by atoms with Crippen LogP contribution in [0.3, 0.4) is 0 Å². The highest BCUT2D eigenvalue weighted by Gasteiger charge is 2.16. The molecular formula is C21H17ClN2O2S. The predicted molar refractivity (Wildman–Crippen MR) is 112 cm³/mol. The Labute approximate surface area is 166 Å². The first-order chi connectivity index (χ1) is 13.1. The van der Waals surface area contributed by atoms with Crippen molar-refractivity contribution >= 4 is 46.6 Å². The monoisotopic (exact) mass is 396 g/mol. The molecule has 0 fully saturated rings. The topological polar surface area (TPSA) is 58.2 Å². The normalized spacial score (nSPS) is 10.3. The van der Waals surface area contributed by atoms with Gasteiger partial charge < -0.3 is 10.6 Å². The number of carbonyl (C=O) groups is 2. The summed E-state index contributed by atoms with van der Waals surface area (Å²) in [6.45, 7) is 0. The van der Waals surface area contributed by atoms with E-state index in [2.05, 4.69) is 10.6 Å². The average Bonchev–Trinajstić information content (AvgIpc) is 2.70. The van der Waals surface area contributed by atoms with Gasteiger partial charge in [0.1, 0.15) is 0 Å². The fourth-order valence-corrected chi connectivity index (χ4v) is 3.26. The number of carbonyl (C=O) groups excluding carboxylic acids is 2. The van der Waals surface area contributed by atoms with Crippen molar-refractivity contribution in [2.24, 2.45) is 0 Å². The van der Waals surface area contributed by atoms with Crippen molar-refractivity contribution in [3.8, 4) is 0 Å². The van der Waals surface area contributed by atoms with E-state index < -0.39 is 0 Å². The van der Waals surface area contributed by atoms with Gasteiger partial charge in [0, 0.05) is 15.6 Å². The molecule has 0 saturated carbocycles. The second kappa shape index (κ2) is 8.75. The Balaban J connectivity index is 1.82. The minimum Gasteiger partial charge on any atom is -0.322 e. The van der Waals surface area contributed by atoms with Crippen LogP contribution in [0.5, 0.6) is 0 Å². The molecule has 6 heteroatoms. The summed E-state index contributed by atoms with van der Waals surface area (Å²) in [5.41, 5.74) is 2.02. The van der Waals surface area contributed by atoms with Gasteiger partial charge in [-0.3, -0.25) is 9.59 Å². The molecule has 0 aliphatic carbocycles. The van der Waals surface area contributed by atoms with Crippen molar-refractivity contribution in [2.75, 3.05) is 16.9 Å². The van der Waals surface area contributed by atoms with E-state index in [9.17, 15) is 9.59 Å². The van der Waals surface area contributed by atoms with Crippen molar-refractivity contribution in [1.82, 2.24) is 0 Å². The SMILES string of the molecule is CSc1ccccc1C(=O)Nc1ccccc1C(=O)Nc1ccc(Cl)cc1. The molecule has 0 unspecified atom stereocenters. The lowest BCUT2D eigenvalue weighted by Gasteiger charge is -2.13. The molecule has 0 aliphatic rings. The van der Waals surface area contributed by atoms with Gasteiger partial charge in [0.15, 0.2) is 0 Å². The maximum Gasteiger partial charge on any atom is 0.257 e. The molecule has 4 nitrogen and oxygen atoms in total. The Hall–Kier alpha value is -2.76. The molecule has 0 heterocycles. The van der Waals surface area contributed by atoms with Crippen molar-refractivity contribution in [3.63, 3.8) is 0 Å². The molecule has 0 radical (unpaired) electrons. The molecule has 3 rings (SSSR count). The smallest absolute Gasteiger partial charge is 0.257 e. The van der Waals surface area contributed by atoms with E-state index in [1.807, 2.05) is 24.5 Å². The van der Waals surface area contributed by atoms with E-state index in [0.29, 0.717) is 27.5 Å². The fraction of sp³-hybridized carbons (Fsp3) is 0.0476. The molecule has 2 N–H and O–H groups in total. The summed E-state index contributed by atoms with van der Waals surface area (Å²) in [7, 11) is 0. The summed E-state index contributed by atoms with van der Waals surface area (Å²) in [6.07, 6.45) is 1.92. The third-order valence-corrected chi connectivity index (χ3v) is 4.92. The first-order valence-corrected chi connectivity index (χ1v) is 9.79. The van der Waals surface area contributed by atoms with Crippen molar-refractivity contribution in [1.29, 1.82) is 0 Å². The molecule has 0 spiro atoms. The van der Waals surface area contributed by atoms with Crippen LogP contribution in [0, 0.1) is 0 Å². The van der Waals surface area contributed by atoms with E-state index in [0.717, 1.165) is 4.90 Å². The van der Waals surface area contributed by atoms with Crippen LogP contribution >= 0.6 is 23.4 Å². The number of para-hydroxylation sites is 1. The minimum atomic E-state index is -0.314. The summed E-state index contributed by atoms with van der Waals surface area (Å²) < 4.78 is 0. The van der Waals surface area contributed by atoms with Gasteiger partial charge in [-0.15, -0.1) is 11.8 Å². The Kier molecular flexibility index (Phi) is 6.16. The molecular weight excluding hydrogens is 380 g/mol. The van der Waals surface area contributed by atoms with Gasteiger partial charge in [0.05, 0.1) is 16.8 Å². The fourth-order valence-electron chi connectivity index (χ4n) is 2.54. The second-order valence-electron chi connectivity index (χ2n) is 5.66. The molecule has 3 aromatic carbocycles. The van der Waals surface area contributed by atoms with Gasteiger partial charge in [0.2, 0.25) is 0 Å². The number of hydrogen-bond donors (Lipinski definition) is 2. The van der Waals surface area contributed by atoms with Gasteiger partial charge in [-0.05, 0) is 54.8 Å². The van der Waals surface area contributed by atoms with Gasteiger partial charge in [-0.2, -0.15) is 0 Å². The van der Waals surface area contributed by atoms with Crippen molar-refractivity contribution in [2.45, 2.75) is 4.90 Å². The molecule has 0 bridgehead atoms. The zero-order valence-electron chi connectivity index (χ0n) is 14.5. The molecule has 2 amide bonds. The zero-order chi connectivity index (χ0) is 19.2. The number of amides is 2. The van der Waals surface area contributed by atoms with E-state index in [-0.39, 0.29) is 11.8 Å². The number of halogens is 1. The number of benzene rings is 3. The number of thioether (sulfide) groups is 1. The number of anilines is 2. The minimum absolute atomic E-state index is 0.258. The number of rotatable bonds is 5.